The van der Waals surface area contributed by atoms with Crippen LogP contribution >= 0.6 is 11.6 Å². The number of nitriles is 1. The van der Waals surface area contributed by atoms with Crippen molar-refractivity contribution < 1.29 is 49.0 Å². The fourth-order valence-corrected chi connectivity index (χ4v) is 3.79. The summed E-state index contributed by atoms with van der Waals surface area (Å²) in [5.41, 5.74) is -2.83. The van der Waals surface area contributed by atoms with Crippen LogP contribution in [0.5, 0.6) is 5.88 Å². The van der Waals surface area contributed by atoms with Gasteiger partial charge in [-0.3, -0.25) is 4.79 Å². The average molecular weight is 601 g/mol. The van der Waals surface area contributed by atoms with Crippen molar-refractivity contribution in [3.63, 3.8) is 0 Å². The van der Waals surface area contributed by atoms with Gasteiger partial charge in [0.05, 0.1) is 22.9 Å². The normalized spacial score (nSPS) is 15.8. The third-order valence-corrected chi connectivity index (χ3v) is 6.07. The molecule has 4 rings (SSSR count). The number of amides is 1. The predicted molar refractivity (Wildman–Crippen MR) is 117 cm³/mol. The lowest BCUT2D eigenvalue weighted by molar-refractivity contribution is -0.306. The molecule has 1 fully saturated rings. The number of ether oxygens (including phenoxy) is 1. The Labute approximate surface area is 222 Å². The molecule has 1 amide bonds. The molecule has 18 heteroatoms. The van der Waals surface area contributed by atoms with E-state index in [4.69, 9.17) is 11.6 Å². The Morgan fingerprint density at radius 2 is 1.82 bits per heavy atom. The van der Waals surface area contributed by atoms with E-state index in [1.807, 2.05) is 6.07 Å². The smallest absolute Gasteiger partial charge is 0.410 e. The van der Waals surface area contributed by atoms with E-state index in [0.717, 1.165) is 19.4 Å². The summed E-state index contributed by atoms with van der Waals surface area (Å²) in [5, 5.41) is 18.5. The fraction of sp³-hybridized carbons (Fsp3) is 0.364. The van der Waals surface area contributed by atoms with Gasteiger partial charge in [-0.1, -0.05) is 17.7 Å². The molecule has 40 heavy (non-hydrogen) atoms. The average Bonchev–Trinajstić information content (AvgIpc) is 3.29. The van der Waals surface area contributed by atoms with Gasteiger partial charge in [-0.25, -0.2) is 13.8 Å². The first-order chi connectivity index (χ1) is 18.4. The first kappa shape index (κ1) is 29.1. The number of benzene rings is 1. The number of alkyl halides is 9. The zero-order valence-electron chi connectivity index (χ0n) is 19.7. The largest absolute Gasteiger partial charge is 0.440 e. The lowest BCUT2D eigenvalue weighted by atomic mass is 10.1. The molecular weight excluding hydrogens is 587 g/mol. The maximum Gasteiger partial charge on any atom is 0.440 e. The molecule has 0 bridgehead atoms. The summed E-state index contributed by atoms with van der Waals surface area (Å²) in [7, 11) is 0.835. The van der Waals surface area contributed by atoms with Crippen LogP contribution in [0, 0.1) is 11.3 Å². The number of carbonyl (C=O) groups is 1. The predicted octanol–water partition coefficient (Wildman–Crippen LogP) is 5.60. The molecular formula is C22H14ClF9N6O2. The minimum Gasteiger partial charge on any atom is -0.410 e. The molecule has 1 aromatic carbocycles. The maximum absolute atomic E-state index is 13.9. The second-order valence-corrected chi connectivity index (χ2v) is 9.12. The summed E-state index contributed by atoms with van der Waals surface area (Å²) < 4.78 is 124. The number of aryl methyl sites for hydroxylation is 1. The van der Waals surface area contributed by atoms with E-state index in [-0.39, 0.29) is 21.7 Å². The van der Waals surface area contributed by atoms with Gasteiger partial charge in [0.2, 0.25) is 0 Å². The second-order valence-electron chi connectivity index (χ2n) is 8.71. The molecule has 1 aliphatic rings. The highest BCUT2D eigenvalue weighted by Crippen LogP contribution is 2.44. The van der Waals surface area contributed by atoms with Crippen molar-refractivity contribution in [2.75, 3.05) is 0 Å². The van der Waals surface area contributed by atoms with E-state index >= 15 is 0 Å². The van der Waals surface area contributed by atoms with Gasteiger partial charge in [-0.2, -0.15) is 45.5 Å². The molecule has 0 radical (unpaired) electrons. The Bertz CT molecular complexity index is 1500. The number of nitrogens with zero attached hydrogens (tertiary/aromatic N) is 5. The van der Waals surface area contributed by atoms with Crippen molar-refractivity contribution in [1.82, 2.24) is 24.9 Å². The van der Waals surface area contributed by atoms with E-state index in [1.165, 1.54) is 18.2 Å². The topological polar surface area (TPSA) is 97.8 Å². The molecule has 1 aliphatic carbocycles. The quantitative estimate of drug-likeness (QED) is 0.356. The van der Waals surface area contributed by atoms with Crippen LogP contribution < -0.4 is 10.1 Å². The minimum absolute atomic E-state index is 0.00103. The Morgan fingerprint density at radius 3 is 2.38 bits per heavy atom. The zero-order valence-corrected chi connectivity index (χ0v) is 20.5. The number of halogens is 10. The van der Waals surface area contributed by atoms with Crippen molar-refractivity contribution in [3.05, 3.63) is 46.7 Å². The first-order valence-corrected chi connectivity index (χ1v) is 11.3. The molecule has 1 N–H and O–H groups in total. The van der Waals surface area contributed by atoms with Gasteiger partial charge < -0.3 is 10.1 Å². The van der Waals surface area contributed by atoms with E-state index in [9.17, 15) is 49.6 Å². The number of rotatable bonds is 7. The fourth-order valence-electron chi connectivity index (χ4n) is 3.59. The Hall–Kier alpha value is -3.94. The number of nitrogens with one attached hydrogen (secondary N) is 1. The van der Waals surface area contributed by atoms with Crippen LogP contribution in [-0.4, -0.2) is 49.5 Å². The summed E-state index contributed by atoms with van der Waals surface area (Å²) in [5.74, 6) is -3.75. The second kappa shape index (κ2) is 9.61. The van der Waals surface area contributed by atoms with Gasteiger partial charge in [0.15, 0.2) is 11.4 Å². The molecule has 0 saturated heterocycles. The van der Waals surface area contributed by atoms with E-state index < -0.39 is 53.3 Å². The lowest BCUT2D eigenvalue weighted by Gasteiger charge is -2.22. The van der Waals surface area contributed by atoms with Gasteiger partial charge in [-0.15, -0.1) is 5.10 Å². The van der Waals surface area contributed by atoms with E-state index in [0.29, 0.717) is 22.2 Å². The highest BCUT2D eigenvalue weighted by molar-refractivity contribution is 6.34. The van der Waals surface area contributed by atoms with E-state index in [2.05, 4.69) is 20.3 Å². The van der Waals surface area contributed by atoms with Gasteiger partial charge in [0, 0.05) is 18.8 Å². The molecule has 214 valence electrons. The van der Waals surface area contributed by atoms with Crippen molar-refractivity contribution in [3.8, 4) is 28.9 Å². The Balaban J connectivity index is 1.71. The van der Waals surface area contributed by atoms with Crippen molar-refractivity contribution in [1.29, 1.82) is 5.26 Å². The molecule has 3 aromatic rings. The molecule has 0 spiro atoms. The zero-order chi connectivity index (χ0) is 29.8. The Kier molecular flexibility index (Phi) is 6.98. The maximum atomic E-state index is 13.9. The third-order valence-electron chi connectivity index (χ3n) is 5.74. The number of aromatic nitrogens is 4. The Morgan fingerprint density at radius 1 is 1.18 bits per heavy atom. The number of hydrogen-bond acceptors (Lipinski definition) is 5. The van der Waals surface area contributed by atoms with Gasteiger partial charge >= 0.3 is 18.5 Å². The monoisotopic (exact) mass is 600 g/mol. The van der Waals surface area contributed by atoms with Crippen LogP contribution in [0.4, 0.5) is 39.5 Å². The van der Waals surface area contributed by atoms with Gasteiger partial charge in [-0.05, 0) is 30.5 Å². The van der Waals surface area contributed by atoms with Crippen LogP contribution in [-0.2, 0) is 13.2 Å². The van der Waals surface area contributed by atoms with Crippen LogP contribution in [0.3, 0.4) is 0 Å². The van der Waals surface area contributed by atoms with Crippen LogP contribution in [0.25, 0.3) is 16.9 Å². The highest BCUT2D eigenvalue weighted by Gasteiger charge is 2.60. The minimum atomic E-state index is -6.14. The van der Waals surface area contributed by atoms with Crippen LogP contribution in [0.15, 0.2) is 30.6 Å². The summed E-state index contributed by atoms with van der Waals surface area (Å²) in [6, 6.07) is 5.94. The molecule has 8 nitrogen and oxygen atoms in total. The highest BCUT2D eigenvalue weighted by atomic mass is 35.5. The molecule has 2 aromatic heterocycles. The van der Waals surface area contributed by atoms with Gasteiger partial charge in [0.1, 0.15) is 5.54 Å². The van der Waals surface area contributed by atoms with Crippen molar-refractivity contribution in [2.45, 2.75) is 43.0 Å². The van der Waals surface area contributed by atoms with Crippen LogP contribution in [0.1, 0.15) is 28.8 Å². The van der Waals surface area contributed by atoms with Crippen molar-refractivity contribution >= 4 is 17.5 Å². The molecule has 1 saturated carbocycles. The molecule has 0 aliphatic heterocycles. The molecule has 2 heterocycles. The summed E-state index contributed by atoms with van der Waals surface area (Å²) in [6.45, 7) is 0. The summed E-state index contributed by atoms with van der Waals surface area (Å²) in [6.07, 6.45) is -19.5. The first-order valence-electron chi connectivity index (χ1n) is 10.9. The lowest BCUT2D eigenvalue weighted by Crippen LogP contribution is -2.46. The van der Waals surface area contributed by atoms with Crippen molar-refractivity contribution in [2.24, 2.45) is 7.05 Å². The SMILES string of the molecule is Cn1nc(OC(F)(F)C(F)C(F)(F)F)c(C(F)(F)F)c1-n1cc(-c2ccc(Cl)c(C(=O)NC3(C#N)CC3)c2)cn1. The third kappa shape index (κ3) is 5.53. The number of carbonyl (C=O) groups excluding carboxylic acids is 1. The summed E-state index contributed by atoms with van der Waals surface area (Å²) in [4.78, 5) is 12.6. The van der Waals surface area contributed by atoms with Gasteiger partial charge in [0.25, 0.3) is 18.0 Å². The summed E-state index contributed by atoms with van der Waals surface area (Å²) >= 11 is 6.10. The van der Waals surface area contributed by atoms with E-state index in [1.54, 1.807) is 0 Å². The molecule has 1 unspecified atom stereocenters. The molecule has 1 atom stereocenters. The van der Waals surface area contributed by atoms with Crippen LogP contribution in [0.2, 0.25) is 5.02 Å². The standard InChI is InChI=1S/C22H14ClF9N6O2/c1-37-17(14(20(25,26)27)16(36-37)40-22(31,32)18(24)21(28,29)30)38-8-11(7-34-38)10-2-3-13(23)12(6-10)15(39)35-19(9-33)4-5-19/h2-3,6-8,18H,4-5H2,1H3,(H,35,39). The number of hydrogen-bond donors (Lipinski definition) is 1.